The van der Waals surface area contributed by atoms with E-state index in [1.807, 2.05) is 18.2 Å². The van der Waals surface area contributed by atoms with Crippen LogP contribution in [-0.2, 0) is 4.74 Å². The Morgan fingerprint density at radius 2 is 1.79 bits per heavy atom. The summed E-state index contributed by atoms with van der Waals surface area (Å²) in [5.41, 5.74) is 3.25. The summed E-state index contributed by atoms with van der Waals surface area (Å²) in [5, 5.41) is 6.59. The van der Waals surface area contributed by atoms with Crippen LogP contribution < -0.4 is 10.6 Å². The van der Waals surface area contributed by atoms with Crippen molar-refractivity contribution in [1.29, 1.82) is 0 Å². The molecular formula is C19H22N2O2S. The first kappa shape index (κ1) is 17.9. The Balaban J connectivity index is 2.05. The van der Waals surface area contributed by atoms with Crippen molar-refractivity contribution < 1.29 is 9.53 Å². The molecule has 126 valence electrons. The summed E-state index contributed by atoms with van der Waals surface area (Å²) in [7, 11) is 1.36. The van der Waals surface area contributed by atoms with Gasteiger partial charge in [-0.2, -0.15) is 0 Å². The second-order valence-electron chi connectivity index (χ2n) is 5.55. The molecule has 2 rings (SSSR count). The molecule has 0 aliphatic carbocycles. The fraction of sp³-hybridized carbons (Fsp3) is 0.263. The van der Waals surface area contributed by atoms with Crippen LogP contribution >= 0.6 is 12.2 Å². The largest absolute Gasteiger partial charge is 0.465 e. The number of carbonyl (C=O) groups is 1. The smallest absolute Gasteiger partial charge is 0.339 e. The van der Waals surface area contributed by atoms with E-state index in [0.29, 0.717) is 22.3 Å². The van der Waals surface area contributed by atoms with Gasteiger partial charge in [0.25, 0.3) is 0 Å². The molecule has 24 heavy (non-hydrogen) atoms. The first-order valence-corrected chi connectivity index (χ1v) is 8.31. The maximum absolute atomic E-state index is 11.8. The molecule has 2 N–H and O–H groups in total. The van der Waals surface area contributed by atoms with Crippen LogP contribution in [0.3, 0.4) is 0 Å². The van der Waals surface area contributed by atoms with Crippen LogP contribution in [0.1, 0.15) is 42.1 Å². The van der Waals surface area contributed by atoms with Gasteiger partial charge in [0.1, 0.15) is 0 Å². The van der Waals surface area contributed by atoms with Gasteiger partial charge >= 0.3 is 5.97 Å². The summed E-state index contributed by atoms with van der Waals surface area (Å²) in [6, 6.07) is 15.3. The van der Waals surface area contributed by atoms with E-state index in [1.54, 1.807) is 18.2 Å². The second-order valence-corrected chi connectivity index (χ2v) is 5.96. The Morgan fingerprint density at radius 3 is 2.42 bits per heavy atom. The van der Waals surface area contributed by atoms with Crippen molar-refractivity contribution in [3.8, 4) is 0 Å². The number of anilines is 2. The van der Waals surface area contributed by atoms with E-state index in [1.165, 1.54) is 12.7 Å². The molecular weight excluding hydrogens is 320 g/mol. The molecule has 0 radical (unpaired) electrons. The molecule has 0 aliphatic heterocycles. The topological polar surface area (TPSA) is 50.4 Å². The number of esters is 1. The fourth-order valence-electron chi connectivity index (χ4n) is 2.30. The highest BCUT2D eigenvalue weighted by atomic mass is 32.1. The van der Waals surface area contributed by atoms with Gasteiger partial charge in [-0.15, -0.1) is 0 Å². The number of thiocarbonyl (C=S) groups is 1. The van der Waals surface area contributed by atoms with Crippen molar-refractivity contribution in [2.75, 3.05) is 17.7 Å². The maximum atomic E-state index is 11.8. The van der Waals surface area contributed by atoms with Crippen molar-refractivity contribution in [3.63, 3.8) is 0 Å². The average molecular weight is 342 g/mol. The third-order valence-corrected chi connectivity index (χ3v) is 4.13. The van der Waals surface area contributed by atoms with Crippen LogP contribution in [0.15, 0.2) is 48.5 Å². The minimum atomic E-state index is -0.404. The molecule has 0 fully saturated rings. The van der Waals surface area contributed by atoms with Crippen LogP contribution in [0.5, 0.6) is 0 Å². The molecule has 0 saturated heterocycles. The van der Waals surface area contributed by atoms with Gasteiger partial charge in [-0.3, -0.25) is 0 Å². The van der Waals surface area contributed by atoms with E-state index in [0.717, 1.165) is 12.1 Å². The van der Waals surface area contributed by atoms with Crippen molar-refractivity contribution in [2.24, 2.45) is 0 Å². The predicted molar refractivity (Wildman–Crippen MR) is 103 cm³/mol. The Labute approximate surface area is 148 Å². The van der Waals surface area contributed by atoms with Crippen molar-refractivity contribution in [3.05, 3.63) is 59.7 Å². The van der Waals surface area contributed by atoms with E-state index >= 15 is 0 Å². The molecule has 2 aromatic rings. The van der Waals surface area contributed by atoms with Gasteiger partial charge in [0.2, 0.25) is 0 Å². The molecule has 0 unspecified atom stereocenters. The number of ether oxygens (including phenoxy) is 1. The highest BCUT2D eigenvalue weighted by molar-refractivity contribution is 7.80. The molecule has 0 amide bonds. The third kappa shape index (κ3) is 4.55. The maximum Gasteiger partial charge on any atom is 0.339 e. The van der Waals surface area contributed by atoms with E-state index in [-0.39, 0.29) is 0 Å². The second kappa shape index (κ2) is 8.45. The zero-order valence-corrected chi connectivity index (χ0v) is 14.9. The number of hydrogen-bond donors (Lipinski definition) is 2. The molecule has 2 aromatic carbocycles. The Kier molecular flexibility index (Phi) is 6.32. The molecule has 0 saturated carbocycles. The van der Waals surface area contributed by atoms with Gasteiger partial charge in [-0.25, -0.2) is 4.79 Å². The van der Waals surface area contributed by atoms with Gasteiger partial charge in [-0.05, 0) is 54.4 Å². The SMILES string of the molecule is CC[C@@H](C)c1ccc(NC(=S)Nc2ccccc2C(=O)OC)cc1. The number of rotatable bonds is 5. The number of para-hydroxylation sites is 1. The average Bonchev–Trinajstić information content (AvgIpc) is 2.61. The molecule has 1 atom stereocenters. The minimum absolute atomic E-state index is 0.404. The van der Waals surface area contributed by atoms with E-state index in [9.17, 15) is 4.79 Å². The summed E-state index contributed by atoms with van der Waals surface area (Å²) < 4.78 is 4.78. The number of carbonyl (C=O) groups excluding carboxylic acids is 1. The van der Waals surface area contributed by atoms with Gasteiger partial charge in [0.05, 0.1) is 18.4 Å². The Morgan fingerprint density at radius 1 is 1.12 bits per heavy atom. The summed E-state index contributed by atoms with van der Waals surface area (Å²) in [6.07, 6.45) is 1.11. The molecule has 0 heterocycles. The van der Waals surface area contributed by atoms with Gasteiger partial charge in [-0.1, -0.05) is 38.1 Å². The molecule has 0 spiro atoms. The van der Waals surface area contributed by atoms with Crippen LogP contribution in [0.2, 0.25) is 0 Å². The lowest BCUT2D eigenvalue weighted by molar-refractivity contribution is 0.0602. The molecule has 0 aromatic heterocycles. The highest BCUT2D eigenvalue weighted by Gasteiger charge is 2.12. The lowest BCUT2D eigenvalue weighted by Gasteiger charge is -2.14. The summed E-state index contributed by atoms with van der Waals surface area (Å²) in [4.78, 5) is 11.8. The van der Waals surface area contributed by atoms with E-state index < -0.39 is 5.97 Å². The Hall–Kier alpha value is -2.40. The predicted octanol–water partition coefficient (Wildman–Crippen LogP) is 4.80. The lowest BCUT2D eigenvalue weighted by Crippen LogP contribution is -2.20. The minimum Gasteiger partial charge on any atom is -0.465 e. The van der Waals surface area contributed by atoms with Gasteiger partial charge in [0.15, 0.2) is 5.11 Å². The normalized spacial score (nSPS) is 11.5. The number of benzene rings is 2. The fourth-order valence-corrected chi connectivity index (χ4v) is 2.52. The van der Waals surface area contributed by atoms with Crippen LogP contribution in [0.25, 0.3) is 0 Å². The highest BCUT2D eigenvalue weighted by Crippen LogP contribution is 2.21. The number of hydrogen-bond acceptors (Lipinski definition) is 3. The lowest BCUT2D eigenvalue weighted by atomic mass is 9.99. The third-order valence-electron chi connectivity index (χ3n) is 3.93. The van der Waals surface area contributed by atoms with Crippen molar-refractivity contribution in [1.82, 2.24) is 0 Å². The monoisotopic (exact) mass is 342 g/mol. The summed E-state index contributed by atoms with van der Waals surface area (Å²) >= 11 is 5.33. The standard InChI is InChI=1S/C19H22N2O2S/c1-4-13(2)14-9-11-15(12-10-14)20-19(24)21-17-8-6-5-7-16(17)18(22)23-3/h5-13H,4H2,1-3H3,(H2,20,21,24)/t13-/m1/s1. The number of nitrogens with one attached hydrogen (secondary N) is 2. The first-order chi connectivity index (χ1) is 11.5. The van der Waals surface area contributed by atoms with Crippen molar-refractivity contribution >= 4 is 34.7 Å². The molecule has 0 bridgehead atoms. The van der Waals surface area contributed by atoms with Crippen LogP contribution in [-0.4, -0.2) is 18.2 Å². The van der Waals surface area contributed by atoms with E-state index in [2.05, 4.69) is 36.6 Å². The van der Waals surface area contributed by atoms with Crippen LogP contribution in [0.4, 0.5) is 11.4 Å². The summed E-state index contributed by atoms with van der Waals surface area (Å²) in [5.74, 6) is 0.134. The summed E-state index contributed by atoms with van der Waals surface area (Å²) in [6.45, 7) is 4.38. The quantitative estimate of drug-likeness (QED) is 0.604. The zero-order valence-electron chi connectivity index (χ0n) is 14.1. The van der Waals surface area contributed by atoms with Crippen LogP contribution in [0, 0.1) is 0 Å². The van der Waals surface area contributed by atoms with Gasteiger partial charge < -0.3 is 15.4 Å². The first-order valence-electron chi connectivity index (χ1n) is 7.90. The van der Waals surface area contributed by atoms with Gasteiger partial charge in [0, 0.05) is 5.69 Å². The molecule has 4 nitrogen and oxygen atoms in total. The van der Waals surface area contributed by atoms with Crippen molar-refractivity contribution in [2.45, 2.75) is 26.2 Å². The van der Waals surface area contributed by atoms with E-state index in [4.69, 9.17) is 17.0 Å². The Bertz CT molecular complexity index is 714. The molecule has 0 aliphatic rings. The molecule has 5 heteroatoms. The zero-order chi connectivity index (χ0) is 17.5. The number of methoxy groups -OCH3 is 1.